The van der Waals surface area contributed by atoms with Crippen LogP contribution in [0.1, 0.15) is 26.2 Å². The Balaban J connectivity index is 2.08. The van der Waals surface area contributed by atoms with E-state index in [0.29, 0.717) is 5.15 Å². The van der Waals surface area contributed by atoms with Gasteiger partial charge in [0.05, 0.1) is 11.7 Å². The number of nitrogens with zero attached hydrogens (tertiary/aromatic N) is 2. The molecule has 1 aliphatic rings. The average molecular weight is 204 g/mol. The average Bonchev–Trinajstić information content (AvgIpc) is 2.34. The molecule has 12 heavy (non-hydrogen) atoms. The Kier molecular flexibility index (Phi) is 1.96. The monoisotopic (exact) mass is 203 g/mol. The molecule has 0 atom stereocenters. The van der Waals surface area contributed by atoms with Crippen LogP contribution >= 0.6 is 23.3 Å². The summed E-state index contributed by atoms with van der Waals surface area (Å²) in [6, 6.07) is 0. The van der Waals surface area contributed by atoms with Gasteiger partial charge in [0.25, 0.3) is 0 Å². The maximum atomic E-state index is 5.80. The predicted molar refractivity (Wildman–Crippen MR) is 50.8 cm³/mol. The van der Waals surface area contributed by atoms with Crippen molar-refractivity contribution in [3.63, 3.8) is 0 Å². The normalized spacial score (nSPS) is 20.2. The molecule has 1 fully saturated rings. The van der Waals surface area contributed by atoms with Crippen molar-refractivity contribution in [2.45, 2.75) is 31.7 Å². The van der Waals surface area contributed by atoms with Crippen LogP contribution in [0.3, 0.4) is 0 Å². The van der Waals surface area contributed by atoms with Crippen molar-refractivity contribution < 1.29 is 0 Å². The summed E-state index contributed by atoms with van der Waals surface area (Å²) in [5.74, 6) is 0.740. The summed E-state index contributed by atoms with van der Waals surface area (Å²) in [4.78, 5) is 0. The number of nitrogens with one attached hydrogen (secondary N) is 1. The van der Waals surface area contributed by atoms with Gasteiger partial charge < -0.3 is 5.32 Å². The Morgan fingerprint density at radius 1 is 1.50 bits per heavy atom. The molecule has 0 amide bonds. The molecule has 0 bridgehead atoms. The quantitative estimate of drug-likeness (QED) is 0.803. The lowest BCUT2D eigenvalue weighted by Crippen LogP contribution is -2.41. The van der Waals surface area contributed by atoms with Crippen LogP contribution in [0.15, 0.2) is 0 Å². The van der Waals surface area contributed by atoms with Gasteiger partial charge in [-0.2, -0.15) is 8.75 Å². The highest BCUT2D eigenvalue weighted by atomic mass is 35.5. The molecule has 1 aromatic rings. The maximum Gasteiger partial charge on any atom is 0.186 e. The van der Waals surface area contributed by atoms with Gasteiger partial charge in [0.2, 0.25) is 0 Å². The van der Waals surface area contributed by atoms with Crippen LogP contribution in [0, 0.1) is 0 Å². The first-order chi connectivity index (χ1) is 5.70. The van der Waals surface area contributed by atoms with E-state index in [4.69, 9.17) is 11.6 Å². The Morgan fingerprint density at radius 2 is 2.25 bits per heavy atom. The van der Waals surface area contributed by atoms with Crippen molar-refractivity contribution in [1.82, 2.24) is 8.75 Å². The molecular weight excluding hydrogens is 194 g/mol. The molecule has 0 saturated heterocycles. The van der Waals surface area contributed by atoms with Crippen LogP contribution < -0.4 is 5.32 Å². The highest BCUT2D eigenvalue weighted by molar-refractivity contribution is 6.99. The summed E-state index contributed by atoms with van der Waals surface area (Å²) in [5.41, 5.74) is 0.208. The van der Waals surface area contributed by atoms with Gasteiger partial charge in [0.1, 0.15) is 0 Å². The lowest BCUT2D eigenvalue weighted by atomic mass is 9.78. The molecule has 0 spiro atoms. The standard InChI is InChI=1S/C7H10ClN3S/c1-7(3-2-4-7)9-6-5(8)10-12-11-6/h2-4H2,1H3,(H,9,11). The van der Waals surface area contributed by atoms with E-state index in [9.17, 15) is 0 Å². The van der Waals surface area contributed by atoms with Crippen LogP contribution in [-0.4, -0.2) is 14.3 Å². The molecule has 0 unspecified atom stereocenters. The van der Waals surface area contributed by atoms with E-state index in [1.165, 1.54) is 19.3 Å². The molecule has 0 aliphatic heterocycles. The Hall–Kier alpha value is -0.350. The predicted octanol–water partition coefficient (Wildman–Crippen LogP) is 2.55. The summed E-state index contributed by atoms with van der Waals surface area (Å²) in [7, 11) is 0. The zero-order valence-electron chi connectivity index (χ0n) is 6.80. The van der Waals surface area contributed by atoms with Gasteiger partial charge in [0, 0.05) is 5.54 Å². The molecule has 1 aromatic heterocycles. The summed E-state index contributed by atoms with van der Waals surface area (Å²) in [6.45, 7) is 2.19. The molecule has 3 nitrogen and oxygen atoms in total. The van der Waals surface area contributed by atoms with Gasteiger partial charge in [0.15, 0.2) is 11.0 Å². The second kappa shape index (κ2) is 2.85. The van der Waals surface area contributed by atoms with E-state index in [1.807, 2.05) is 0 Å². The highest BCUT2D eigenvalue weighted by Crippen LogP contribution is 2.35. The Morgan fingerprint density at radius 3 is 2.67 bits per heavy atom. The van der Waals surface area contributed by atoms with Crippen molar-refractivity contribution >= 4 is 29.1 Å². The number of hydrogen-bond acceptors (Lipinski definition) is 4. The molecule has 1 heterocycles. The molecule has 1 saturated carbocycles. The van der Waals surface area contributed by atoms with E-state index in [2.05, 4.69) is 21.0 Å². The van der Waals surface area contributed by atoms with E-state index in [-0.39, 0.29) is 5.54 Å². The minimum atomic E-state index is 0.208. The Labute approximate surface area is 80.5 Å². The fourth-order valence-corrected chi connectivity index (χ4v) is 2.02. The Bertz CT molecular complexity index is 282. The second-order valence-electron chi connectivity index (χ2n) is 3.44. The van der Waals surface area contributed by atoms with Gasteiger partial charge in [-0.25, -0.2) is 0 Å². The SMILES string of the molecule is CC1(Nc2nsnc2Cl)CCC1. The van der Waals surface area contributed by atoms with Crippen LogP contribution in [0.25, 0.3) is 0 Å². The number of rotatable bonds is 2. The maximum absolute atomic E-state index is 5.80. The molecule has 66 valence electrons. The van der Waals surface area contributed by atoms with Gasteiger partial charge in [-0.15, -0.1) is 0 Å². The van der Waals surface area contributed by atoms with Crippen molar-refractivity contribution in [3.05, 3.63) is 5.15 Å². The lowest BCUT2D eigenvalue weighted by Gasteiger charge is -2.39. The number of hydrogen-bond donors (Lipinski definition) is 1. The number of halogens is 1. The summed E-state index contributed by atoms with van der Waals surface area (Å²) in [6.07, 6.45) is 3.68. The minimum absolute atomic E-state index is 0.208. The van der Waals surface area contributed by atoms with Gasteiger partial charge >= 0.3 is 0 Å². The summed E-state index contributed by atoms with van der Waals surface area (Å²) >= 11 is 6.95. The van der Waals surface area contributed by atoms with E-state index >= 15 is 0 Å². The zero-order valence-corrected chi connectivity index (χ0v) is 8.37. The molecular formula is C7H10ClN3S. The van der Waals surface area contributed by atoms with E-state index in [1.54, 1.807) is 0 Å². The van der Waals surface area contributed by atoms with Gasteiger partial charge in [-0.3, -0.25) is 0 Å². The number of anilines is 1. The fourth-order valence-electron chi connectivity index (χ4n) is 1.37. The lowest BCUT2D eigenvalue weighted by molar-refractivity contribution is 0.306. The molecule has 1 N–H and O–H groups in total. The molecule has 2 rings (SSSR count). The van der Waals surface area contributed by atoms with Crippen LogP contribution in [0.2, 0.25) is 5.15 Å². The third-order valence-electron chi connectivity index (χ3n) is 2.33. The molecule has 1 aliphatic carbocycles. The van der Waals surface area contributed by atoms with Crippen molar-refractivity contribution in [3.8, 4) is 0 Å². The summed E-state index contributed by atoms with van der Waals surface area (Å²) < 4.78 is 7.96. The van der Waals surface area contributed by atoms with Gasteiger partial charge in [-0.1, -0.05) is 11.6 Å². The third kappa shape index (κ3) is 1.41. The fraction of sp³-hybridized carbons (Fsp3) is 0.714. The first kappa shape index (κ1) is 8.26. The van der Waals surface area contributed by atoms with E-state index < -0.39 is 0 Å². The highest BCUT2D eigenvalue weighted by Gasteiger charge is 2.32. The van der Waals surface area contributed by atoms with Crippen LogP contribution in [0.4, 0.5) is 5.82 Å². The van der Waals surface area contributed by atoms with E-state index in [0.717, 1.165) is 17.5 Å². The van der Waals surface area contributed by atoms with Crippen LogP contribution in [-0.2, 0) is 0 Å². The minimum Gasteiger partial charge on any atom is -0.361 e. The zero-order chi connectivity index (χ0) is 8.60. The first-order valence-corrected chi connectivity index (χ1v) is 5.07. The molecule has 0 radical (unpaired) electrons. The smallest absolute Gasteiger partial charge is 0.186 e. The van der Waals surface area contributed by atoms with Gasteiger partial charge in [-0.05, 0) is 26.2 Å². The van der Waals surface area contributed by atoms with Crippen LogP contribution in [0.5, 0.6) is 0 Å². The third-order valence-corrected chi connectivity index (χ3v) is 3.22. The largest absolute Gasteiger partial charge is 0.361 e. The van der Waals surface area contributed by atoms with Crippen molar-refractivity contribution in [2.75, 3.05) is 5.32 Å². The summed E-state index contributed by atoms with van der Waals surface area (Å²) in [5, 5.41) is 3.80. The number of aromatic nitrogens is 2. The van der Waals surface area contributed by atoms with Crippen molar-refractivity contribution in [1.29, 1.82) is 0 Å². The molecule has 0 aromatic carbocycles. The molecule has 5 heteroatoms. The van der Waals surface area contributed by atoms with Crippen molar-refractivity contribution in [2.24, 2.45) is 0 Å². The topological polar surface area (TPSA) is 37.8 Å². The second-order valence-corrected chi connectivity index (χ2v) is 4.33. The first-order valence-electron chi connectivity index (χ1n) is 3.96.